The Hall–Kier alpha value is -2.57. The molecule has 0 atom stereocenters. The molecule has 2 rings (SSSR count). The summed E-state index contributed by atoms with van der Waals surface area (Å²) >= 11 is 0. The molecule has 1 aromatic carbocycles. The second-order valence-corrected chi connectivity index (χ2v) is 3.88. The number of pyridine rings is 1. The molecule has 0 aliphatic rings. The molecule has 0 radical (unpaired) electrons. The first-order valence-corrected chi connectivity index (χ1v) is 5.53. The molecule has 2 aromatic rings. The Morgan fingerprint density at radius 2 is 1.75 bits per heavy atom. The van der Waals surface area contributed by atoms with E-state index in [0.717, 1.165) is 12.1 Å². The van der Waals surface area contributed by atoms with Gasteiger partial charge in [0.05, 0.1) is 5.56 Å². The zero-order chi connectivity index (χ0) is 14.8. The molecule has 3 N–H and O–H groups in total. The van der Waals surface area contributed by atoms with Gasteiger partial charge in [-0.1, -0.05) is 18.2 Å². The van der Waals surface area contributed by atoms with Crippen LogP contribution in [-0.2, 0) is 6.18 Å². The van der Waals surface area contributed by atoms with E-state index in [1.54, 1.807) is 30.3 Å². The lowest BCUT2D eigenvalue weighted by Crippen LogP contribution is -2.16. The van der Waals surface area contributed by atoms with Crippen molar-refractivity contribution < 1.29 is 17.9 Å². The first-order chi connectivity index (χ1) is 9.38. The number of hydrogen-bond donors (Lipinski definition) is 2. The number of nitrogen functional groups attached to an aromatic ring is 1. The van der Waals surface area contributed by atoms with Crippen LogP contribution in [-0.4, -0.2) is 10.8 Å². The first-order valence-electron chi connectivity index (χ1n) is 5.53. The molecule has 0 spiro atoms. The summed E-state index contributed by atoms with van der Waals surface area (Å²) in [6, 6.07) is 10.0. The van der Waals surface area contributed by atoms with Gasteiger partial charge in [-0.3, -0.25) is 5.41 Å². The third-order valence-electron chi connectivity index (χ3n) is 2.40. The second-order valence-electron chi connectivity index (χ2n) is 3.88. The average molecular weight is 281 g/mol. The number of alkyl halides is 3. The SMILES string of the molecule is N=C(N)c1ccc(C(F)(F)F)nc1Oc1ccccc1. The highest BCUT2D eigenvalue weighted by molar-refractivity contribution is 5.97. The van der Waals surface area contributed by atoms with Gasteiger partial charge in [-0.15, -0.1) is 0 Å². The van der Waals surface area contributed by atoms with Gasteiger partial charge in [0.25, 0.3) is 0 Å². The number of nitrogens with one attached hydrogen (secondary N) is 1. The minimum absolute atomic E-state index is 0.00172. The Bertz CT molecular complexity index is 627. The van der Waals surface area contributed by atoms with Crippen molar-refractivity contribution in [1.82, 2.24) is 4.98 Å². The number of amidine groups is 1. The molecular formula is C13H10F3N3O. The minimum atomic E-state index is -4.59. The molecule has 0 saturated heterocycles. The minimum Gasteiger partial charge on any atom is -0.438 e. The fraction of sp³-hybridized carbons (Fsp3) is 0.0769. The number of hydrogen-bond acceptors (Lipinski definition) is 3. The maximum atomic E-state index is 12.6. The summed E-state index contributed by atoms with van der Waals surface area (Å²) < 4.78 is 43.2. The van der Waals surface area contributed by atoms with Gasteiger partial charge in [0.1, 0.15) is 17.3 Å². The van der Waals surface area contributed by atoms with Gasteiger partial charge in [-0.25, -0.2) is 4.98 Å². The summed E-state index contributed by atoms with van der Waals surface area (Å²) in [6.45, 7) is 0. The standard InChI is InChI=1S/C13H10F3N3O/c14-13(15,16)10-7-6-9(11(17)18)12(19-10)20-8-4-2-1-3-5-8/h1-7H,(H3,17,18). The van der Waals surface area contributed by atoms with Crippen molar-refractivity contribution in [1.29, 1.82) is 5.41 Å². The quantitative estimate of drug-likeness (QED) is 0.670. The van der Waals surface area contributed by atoms with E-state index in [-0.39, 0.29) is 11.4 Å². The van der Waals surface area contributed by atoms with Crippen molar-refractivity contribution in [3.8, 4) is 11.6 Å². The third kappa shape index (κ3) is 3.05. The summed E-state index contributed by atoms with van der Waals surface area (Å²) in [6.07, 6.45) is -4.59. The van der Waals surface area contributed by atoms with Gasteiger partial charge < -0.3 is 10.5 Å². The lowest BCUT2D eigenvalue weighted by molar-refractivity contribution is -0.141. The number of benzene rings is 1. The fourth-order valence-electron chi connectivity index (χ4n) is 1.48. The number of halogens is 3. The average Bonchev–Trinajstić information content (AvgIpc) is 2.38. The van der Waals surface area contributed by atoms with Crippen LogP contribution in [0, 0.1) is 5.41 Å². The van der Waals surface area contributed by atoms with E-state index in [1.165, 1.54) is 0 Å². The van der Waals surface area contributed by atoms with Gasteiger partial charge in [-0.2, -0.15) is 13.2 Å². The molecule has 1 aromatic heterocycles. The van der Waals surface area contributed by atoms with Crippen LogP contribution >= 0.6 is 0 Å². The van der Waals surface area contributed by atoms with Crippen molar-refractivity contribution >= 4 is 5.84 Å². The Kier molecular flexibility index (Phi) is 3.60. The van der Waals surface area contributed by atoms with E-state index in [9.17, 15) is 13.2 Å². The Balaban J connectivity index is 2.45. The summed E-state index contributed by atoms with van der Waals surface area (Å²) in [5, 5.41) is 7.34. The molecule has 0 bridgehead atoms. The topological polar surface area (TPSA) is 72.0 Å². The normalized spacial score (nSPS) is 11.2. The van der Waals surface area contributed by atoms with Crippen LogP contribution in [0.15, 0.2) is 42.5 Å². The smallest absolute Gasteiger partial charge is 0.433 e. The molecular weight excluding hydrogens is 271 g/mol. The van der Waals surface area contributed by atoms with Crippen LogP contribution in [0.2, 0.25) is 0 Å². The van der Waals surface area contributed by atoms with Crippen molar-refractivity contribution in [2.24, 2.45) is 5.73 Å². The van der Waals surface area contributed by atoms with E-state index in [2.05, 4.69) is 4.98 Å². The van der Waals surface area contributed by atoms with Gasteiger partial charge in [0, 0.05) is 0 Å². The van der Waals surface area contributed by atoms with Crippen LogP contribution in [0.4, 0.5) is 13.2 Å². The van der Waals surface area contributed by atoms with Gasteiger partial charge in [-0.05, 0) is 24.3 Å². The maximum absolute atomic E-state index is 12.6. The molecule has 20 heavy (non-hydrogen) atoms. The molecule has 104 valence electrons. The van der Waals surface area contributed by atoms with E-state index in [1.807, 2.05) is 0 Å². The number of nitrogens with two attached hydrogens (primary N) is 1. The number of rotatable bonds is 3. The molecule has 0 aliphatic carbocycles. The molecule has 0 fully saturated rings. The highest BCUT2D eigenvalue weighted by Gasteiger charge is 2.33. The van der Waals surface area contributed by atoms with Crippen LogP contribution in [0.3, 0.4) is 0 Å². The highest BCUT2D eigenvalue weighted by Crippen LogP contribution is 2.31. The lowest BCUT2D eigenvalue weighted by Gasteiger charge is -2.12. The van der Waals surface area contributed by atoms with Crippen molar-refractivity contribution in [2.75, 3.05) is 0 Å². The van der Waals surface area contributed by atoms with Crippen LogP contribution < -0.4 is 10.5 Å². The van der Waals surface area contributed by atoms with E-state index in [4.69, 9.17) is 15.9 Å². The molecule has 0 amide bonds. The van der Waals surface area contributed by atoms with E-state index in [0.29, 0.717) is 5.75 Å². The second kappa shape index (κ2) is 5.20. The monoisotopic (exact) mass is 281 g/mol. The molecule has 0 aliphatic heterocycles. The fourth-order valence-corrected chi connectivity index (χ4v) is 1.48. The van der Waals surface area contributed by atoms with Crippen molar-refractivity contribution in [3.63, 3.8) is 0 Å². The molecule has 0 unspecified atom stereocenters. The number of ether oxygens (including phenoxy) is 1. The summed E-state index contributed by atoms with van der Waals surface area (Å²) in [5.74, 6) is -0.461. The predicted octanol–water partition coefficient (Wildman–Crippen LogP) is 3.18. The molecule has 4 nitrogen and oxygen atoms in total. The van der Waals surface area contributed by atoms with Gasteiger partial charge in [0.15, 0.2) is 0 Å². The zero-order valence-electron chi connectivity index (χ0n) is 10.1. The van der Waals surface area contributed by atoms with E-state index >= 15 is 0 Å². The number of nitrogens with zero attached hydrogens (tertiary/aromatic N) is 1. The van der Waals surface area contributed by atoms with Crippen LogP contribution in [0.25, 0.3) is 0 Å². The number of aromatic nitrogens is 1. The molecule has 1 heterocycles. The maximum Gasteiger partial charge on any atom is 0.433 e. The van der Waals surface area contributed by atoms with Crippen molar-refractivity contribution in [2.45, 2.75) is 6.18 Å². The van der Waals surface area contributed by atoms with Gasteiger partial charge >= 0.3 is 6.18 Å². The highest BCUT2D eigenvalue weighted by atomic mass is 19.4. The van der Waals surface area contributed by atoms with E-state index < -0.39 is 17.7 Å². The van der Waals surface area contributed by atoms with Gasteiger partial charge in [0.2, 0.25) is 5.88 Å². The predicted molar refractivity (Wildman–Crippen MR) is 66.8 cm³/mol. The third-order valence-corrected chi connectivity index (χ3v) is 2.40. The Morgan fingerprint density at radius 1 is 1.10 bits per heavy atom. The Morgan fingerprint density at radius 3 is 2.30 bits per heavy atom. The van der Waals surface area contributed by atoms with Crippen LogP contribution in [0.5, 0.6) is 11.6 Å². The number of para-hydroxylation sites is 1. The summed E-state index contributed by atoms with van der Waals surface area (Å²) in [7, 11) is 0. The van der Waals surface area contributed by atoms with Crippen LogP contribution in [0.1, 0.15) is 11.3 Å². The summed E-state index contributed by atoms with van der Waals surface area (Å²) in [5.41, 5.74) is 4.21. The Labute approximate surface area is 112 Å². The zero-order valence-corrected chi connectivity index (χ0v) is 10.1. The summed E-state index contributed by atoms with van der Waals surface area (Å²) in [4.78, 5) is 3.39. The lowest BCUT2D eigenvalue weighted by atomic mass is 10.2. The first kappa shape index (κ1) is 13.9. The largest absolute Gasteiger partial charge is 0.438 e. The van der Waals surface area contributed by atoms with Crippen molar-refractivity contribution in [3.05, 3.63) is 53.7 Å². The molecule has 7 heteroatoms. The molecule has 0 saturated carbocycles.